The summed E-state index contributed by atoms with van der Waals surface area (Å²) in [6.45, 7) is 8.91. The third-order valence-electron chi connectivity index (χ3n) is 3.45. The lowest BCUT2D eigenvalue weighted by atomic mass is 10.2. The number of aryl methyl sites for hydroxylation is 1. The predicted molar refractivity (Wildman–Crippen MR) is 106 cm³/mol. The number of benzene rings is 1. The summed E-state index contributed by atoms with van der Waals surface area (Å²) in [7, 11) is 0. The first kappa shape index (κ1) is 24.8. The quantitative estimate of drug-likeness (QED) is 0.219. The first-order valence-corrected chi connectivity index (χ1v) is 9.86. The van der Waals surface area contributed by atoms with Gasteiger partial charge in [-0.2, -0.15) is 0 Å². The first-order chi connectivity index (χ1) is 13.6. The van der Waals surface area contributed by atoms with Crippen LogP contribution in [0, 0.1) is 6.92 Å². The SMILES string of the molecule is CCOCCOCCOCCOCCOCCC(=O)Oc1ccc(C)cc1Cl. The van der Waals surface area contributed by atoms with E-state index in [1.807, 2.05) is 19.9 Å². The van der Waals surface area contributed by atoms with Gasteiger partial charge < -0.3 is 28.4 Å². The van der Waals surface area contributed by atoms with Crippen LogP contribution >= 0.6 is 11.6 Å². The van der Waals surface area contributed by atoms with Crippen molar-refractivity contribution in [1.29, 1.82) is 0 Å². The standard InChI is InChI=1S/C20H31ClO7/c1-3-23-8-9-25-12-13-27-15-14-26-11-10-24-7-6-20(22)28-19-5-4-17(2)16-18(19)21/h4-5,16H,3,6-15H2,1-2H3. The van der Waals surface area contributed by atoms with Gasteiger partial charge in [-0.3, -0.25) is 4.79 Å². The van der Waals surface area contributed by atoms with E-state index in [0.29, 0.717) is 70.2 Å². The highest BCUT2D eigenvalue weighted by atomic mass is 35.5. The van der Waals surface area contributed by atoms with Crippen LogP contribution in [0.1, 0.15) is 18.9 Å². The molecule has 1 rings (SSSR count). The van der Waals surface area contributed by atoms with Gasteiger partial charge in [0.05, 0.1) is 70.9 Å². The van der Waals surface area contributed by atoms with Crippen LogP contribution in [0.3, 0.4) is 0 Å². The first-order valence-electron chi connectivity index (χ1n) is 9.49. The van der Waals surface area contributed by atoms with Crippen LogP contribution in [0.2, 0.25) is 5.02 Å². The Bertz CT molecular complexity index is 539. The number of esters is 1. The molecule has 0 radical (unpaired) electrons. The normalized spacial score (nSPS) is 11.0. The van der Waals surface area contributed by atoms with E-state index in [1.165, 1.54) is 0 Å². The summed E-state index contributed by atoms with van der Waals surface area (Å²) in [5.41, 5.74) is 1.00. The van der Waals surface area contributed by atoms with Gasteiger partial charge in [0.1, 0.15) is 5.75 Å². The maximum atomic E-state index is 11.8. The lowest BCUT2D eigenvalue weighted by molar-refractivity contribution is -0.135. The molecule has 0 fully saturated rings. The van der Waals surface area contributed by atoms with Crippen molar-refractivity contribution in [3.8, 4) is 5.75 Å². The zero-order valence-corrected chi connectivity index (χ0v) is 17.5. The van der Waals surface area contributed by atoms with Gasteiger partial charge in [0, 0.05) is 6.61 Å². The second kappa shape index (κ2) is 16.7. The topological polar surface area (TPSA) is 72.5 Å². The number of hydrogen-bond acceptors (Lipinski definition) is 7. The fourth-order valence-electron chi connectivity index (χ4n) is 2.04. The molecule has 7 nitrogen and oxygen atoms in total. The van der Waals surface area contributed by atoms with E-state index >= 15 is 0 Å². The summed E-state index contributed by atoms with van der Waals surface area (Å²) < 4.78 is 31.8. The smallest absolute Gasteiger partial charge is 0.313 e. The van der Waals surface area contributed by atoms with E-state index < -0.39 is 0 Å². The minimum Gasteiger partial charge on any atom is -0.425 e. The summed E-state index contributed by atoms with van der Waals surface area (Å²) >= 11 is 6.02. The fourth-order valence-corrected chi connectivity index (χ4v) is 2.32. The van der Waals surface area contributed by atoms with Crippen LogP contribution in [0.4, 0.5) is 0 Å². The van der Waals surface area contributed by atoms with Crippen molar-refractivity contribution < 1.29 is 33.2 Å². The molecule has 0 saturated carbocycles. The van der Waals surface area contributed by atoms with Gasteiger partial charge in [-0.25, -0.2) is 0 Å². The molecule has 0 aliphatic rings. The van der Waals surface area contributed by atoms with Gasteiger partial charge in [-0.05, 0) is 31.5 Å². The Labute approximate surface area is 172 Å². The monoisotopic (exact) mass is 418 g/mol. The number of carbonyl (C=O) groups excluding carboxylic acids is 1. The minimum absolute atomic E-state index is 0.149. The number of carbonyl (C=O) groups is 1. The van der Waals surface area contributed by atoms with E-state index in [1.54, 1.807) is 12.1 Å². The Kier molecular flexibility index (Phi) is 14.8. The number of halogens is 1. The molecule has 0 aliphatic heterocycles. The van der Waals surface area contributed by atoms with Gasteiger partial charge >= 0.3 is 5.97 Å². The van der Waals surface area contributed by atoms with Crippen molar-refractivity contribution in [3.05, 3.63) is 28.8 Å². The van der Waals surface area contributed by atoms with Crippen molar-refractivity contribution in [3.63, 3.8) is 0 Å². The Balaban J connectivity index is 1.86. The van der Waals surface area contributed by atoms with Crippen LogP contribution in [0.5, 0.6) is 5.75 Å². The lowest BCUT2D eigenvalue weighted by Gasteiger charge is -2.08. The second-order valence-corrected chi connectivity index (χ2v) is 6.21. The molecule has 0 unspecified atom stereocenters. The lowest BCUT2D eigenvalue weighted by Crippen LogP contribution is -2.15. The van der Waals surface area contributed by atoms with E-state index in [4.69, 9.17) is 40.0 Å². The summed E-state index contributed by atoms with van der Waals surface area (Å²) in [4.78, 5) is 11.8. The number of hydrogen-bond donors (Lipinski definition) is 0. The molecule has 1 aromatic carbocycles. The van der Waals surface area contributed by atoms with Crippen LogP contribution in [0.25, 0.3) is 0 Å². The molecule has 0 spiro atoms. The van der Waals surface area contributed by atoms with Crippen molar-refractivity contribution in [1.82, 2.24) is 0 Å². The van der Waals surface area contributed by atoms with E-state index in [9.17, 15) is 4.79 Å². The zero-order chi connectivity index (χ0) is 20.5. The Morgan fingerprint density at radius 1 is 0.821 bits per heavy atom. The maximum absolute atomic E-state index is 11.8. The minimum atomic E-state index is -0.386. The molecule has 28 heavy (non-hydrogen) atoms. The molecule has 0 aromatic heterocycles. The molecule has 0 atom stereocenters. The molecule has 0 bridgehead atoms. The third kappa shape index (κ3) is 13.0. The Morgan fingerprint density at radius 3 is 1.82 bits per heavy atom. The molecule has 160 valence electrons. The van der Waals surface area contributed by atoms with Gasteiger partial charge in [-0.1, -0.05) is 17.7 Å². The van der Waals surface area contributed by atoms with Crippen LogP contribution in [0.15, 0.2) is 18.2 Å². The third-order valence-corrected chi connectivity index (χ3v) is 3.75. The summed E-state index contributed by atoms with van der Waals surface area (Å²) in [6, 6.07) is 5.26. The molecule has 1 aromatic rings. The van der Waals surface area contributed by atoms with E-state index in [-0.39, 0.29) is 19.0 Å². The average Bonchev–Trinajstić information content (AvgIpc) is 2.67. The van der Waals surface area contributed by atoms with Gasteiger partial charge in [0.15, 0.2) is 0 Å². The molecular formula is C20H31ClO7. The summed E-state index contributed by atoms with van der Waals surface area (Å²) in [5, 5.41) is 0.418. The highest BCUT2D eigenvalue weighted by Gasteiger charge is 2.08. The Hall–Kier alpha value is -1.22. The van der Waals surface area contributed by atoms with Gasteiger partial charge in [-0.15, -0.1) is 0 Å². The van der Waals surface area contributed by atoms with E-state index in [0.717, 1.165) is 5.56 Å². The zero-order valence-electron chi connectivity index (χ0n) is 16.7. The number of ether oxygens (including phenoxy) is 6. The van der Waals surface area contributed by atoms with Crippen molar-refractivity contribution in [2.75, 3.05) is 66.1 Å². The maximum Gasteiger partial charge on any atom is 0.313 e. The fraction of sp³-hybridized carbons (Fsp3) is 0.650. The second-order valence-electron chi connectivity index (χ2n) is 5.80. The van der Waals surface area contributed by atoms with Crippen molar-refractivity contribution >= 4 is 17.6 Å². The van der Waals surface area contributed by atoms with Gasteiger partial charge in [0.25, 0.3) is 0 Å². The highest BCUT2D eigenvalue weighted by molar-refractivity contribution is 6.32. The van der Waals surface area contributed by atoms with E-state index in [2.05, 4.69) is 0 Å². The average molecular weight is 419 g/mol. The van der Waals surface area contributed by atoms with Gasteiger partial charge in [0.2, 0.25) is 0 Å². The summed E-state index contributed by atoms with van der Waals surface area (Å²) in [5.74, 6) is -0.0242. The van der Waals surface area contributed by atoms with Crippen molar-refractivity contribution in [2.24, 2.45) is 0 Å². The summed E-state index contributed by atoms with van der Waals surface area (Å²) in [6.07, 6.45) is 0.149. The van der Waals surface area contributed by atoms with Crippen LogP contribution < -0.4 is 4.74 Å². The Morgan fingerprint density at radius 2 is 1.32 bits per heavy atom. The molecule has 0 saturated heterocycles. The number of rotatable bonds is 17. The van der Waals surface area contributed by atoms with Crippen molar-refractivity contribution in [2.45, 2.75) is 20.3 Å². The van der Waals surface area contributed by atoms with Crippen LogP contribution in [-0.2, 0) is 28.5 Å². The molecule has 0 N–H and O–H groups in total. The molecular weight excluding hydrogens is 388 g/mol. The molecule has 0 heterocycles. The molecule has 0 aliphatic carbocycles. The van der Waals surface area contributed by atoms with Crippen LogP contribution in [-0.4, -0.2) is 72.0 Å². The largest absolute Gasteiger partial charge is 0.425 e. The highest BCUT2D eigenvalue weighted by Crippen LogP contribution is 2.25. The molecule has 8 heteroatoms. The molecule has 0 amide bonds. The predicted octanol–water partition coefficient (Wildman–Crippen LogP) is 3.05.